The highest BCUT2D eigenvalue weighted by Gasteiger charge is 2.28. The van der Waals surface area contributed by atoms with Crippen LogP contribution in [0.2, 0.25) is 0 Å². The molecule has 140 valence electrons. The minimum Gasteiger partial charge on any atom is -0.494 e. The van der Waals surface area contributed by atoms with Gasteiger partial charge in [0.15, 0.2) is 11.6 Å². The van der Waals surface area contributed by atoms with Gasteiger partial charge in [-0.3, -0.25) is 9.48 Å². The summed E-state index contributed by atoms with van der Waals surface area (Å²) in [6, 6.07) is 4.57. The van der Waals surface area contributed by atoms with Gasteiger partial charge in [-0.15, -0.1) is 0 Å². The Kier molecular flexibility index (Phi) is 5.03. The predicted molar refractivity (Wildman–Crippen MR) is 97.7 cm³/mol. The van der Waals surface area contributed by atoms with E-state index in [1.807, 2.05) is 6.20 Å². The molecule has 2 aromatic rings. The summed E-state index contributed by atoms with van der Waals surface area (Å²) in [6.45, 7) is 6.38. The number of ether oxygens (including phenoxy) is 1. The van der Waals surface area contributed by atoms with Gasteiger partial charge in [0, 0.05) is 11.3 Å². The van der Waals surface area contributed by atoms with Crippen molar-refractivity contribution in [2.45, 2.75) is 58.0 Å². The van der Waals surface area contributed by atoms with Crippen molar-refractivity contribution in [3.05, 3.63) is 47.0 Å². The van der Waals surface area contributed by atoms with Gasteiger partial charge in [0.1, 0.15) is 0 Å². The Hall–Kier alpha value is -2.37. The molecule has 6 heteroatoms. The number of carbonyl (C=O) groups excluding carboxylic acids is 1. The second kappa shape index (κ2) is 7.09. The van der Waals surface area contributed by atoms with E-state index in [-0.39, 0.29) is 29.7 Å². The number of halogens is 1. The second-order valence-electron chi connectivity index (χ2n) is 7.79. The summed E-state index contributed by atoms with van der Waals surface area (Å²) in [5.74, 6) is -0.388. The minimum absolute atomic E-state index is 0.0366. The SMILES string of the molecule is COc1ccc(CC(=O)N[C@@H]2CCCc3c2cnn3C(C)(C)C)cc1F. The molecule has 5 nitrogen and oxygen atoms in total. The number of methoxy groups -OCH3 is 1. The summed E-state index contributed by atoms with van der Waals surface area (Å²) >= 11 is 0. The Bertz CT molecular complexity index is 808. The lowest BCUT2D eigenvalue weighted by atomic mass is 9.92. The maximum Gasteiger partial charge on any atom is 0.224 e. The van der Waals surface area contributed by atoms with Crippen LogP contribution >= 0.6 is 0 Å². The molecule has 1 aliphatic rings. The molecule has 0 unspecified atom stereocenters. The molecule has 1 N–H and O–H groups in total. The van der Waals surface area contributed by atoms with Gasteiger partial charge >= 0.3 is 0 Å². The van der Waals surface area contributed by atoms with Crippen LogP contribution in [0.4, 0.5) is 4.39 Å². The lowest BCUT2D eigenvalue weighted by Crippen LogP contribution is -2.33. The number of fused-ring (bicyclic) bond motifs is 1. The zero-order valence-corrected chi connectivity index (χ0v) is 15.8. The van der Waals surface area contributed by atoms with Crippen molar-refractivity contribution in [2.24, 2.45) is 0 Å². The molecule has 1 heterocycles. The Morgan fingerprint density at radius 3 is 2.85 bits per heavy atom. The zero-order valence-electron chi connectivity index (χ0n) is 15.8. The Balaban J connectivity index is 1.71. The van der Waals surface area contributed by atoms with Crippen LogP contribution in [0.1, 0.15) is 56.5 Å². The van der Waals surface area contributed by atoms with E-state index in [0.717, 1.165) is 24.8 Å². The van der Waals surface area contributed by atoms with Crippen molar-refractivity contribution in [1.29, 1.82) is 0 Å². The second-order valence-corrected chi connectivity index (χ2v) is 7.79. The van der Waals surface area contributed by atoms with E-state index >= 15 is 0 Å². The number of hydrogen-bond donors (Lipinski definition) is 1. The summed E-state index contributed by atoms with van der Waals surface area (Å²) < 4.78 is 20.8. The van der Waals surface area contributed by atoms with Gasteiger partial charge in [-0.05, 0) is 57.7 Å². The number of nitrogens with zero attached hydrogens (tertiary/aromatic N) is 2. The van der Waals surface area contributed by atoms with Crippen LogP contribution in [0.15, 0.2) is 24.4 Å². The molecule has 1 aliphatic carbocycles. The molecule has 3 rings (SSSR count). The van der Waals surface area contributed by atoms with Gasteiger partial charge in [-0.2, -0.15) is 5.10 Å². The first-order valence-corrected chi connectivity index (χ1v) is 8.98. The van der Waals surface area contributed by atoms with E-state index in [1.54, 1.807) is 12.1 Å². The molecular formula is C20H26FN3O2. The molecule has 1 amide bonds. The molecule has 0 saturated carbocycles. The van der Waals surface area contributed by atoms with E-state index in [2.05, 4.69) is 35.9 Å². The zero-order chi connectivity index (χ0) is 18.9. The maximum atomic E-state index is 13.8. The number of nitrogens with one attached hydrogen (secondary N) is 1. The molecule has 0 aliphatic heterocycles. The number of rotatable bonds is 4. The van der Waals surface area contributed by atoms with E-state index in [1.165, 1.54) is 18.9 Å². The van der Waals surface area contributed by atoms with Gasteiger partial charge in [-0.25, -0.2) is 4.39 Å². The van der Waals surface area contributed by atoms with E-state index in [9.17, 15) is 9.18 Å². The standard InChI is InChI=1S/C20H26FN3O2/c1-20(2,3)24-17-7-5-6-16(14(17)12-22-24)23-19(25)11-13-8-9-18(26-4)15(21)10-13/h8-10,12,16H,5-7,11H2,1-4H3,(H,23,25)/t16-/m1/s1. The Morgan fingerprint density at radius 1 is 1.42 bits per heavy atom. The van der Waals surface area contributed by atoms with Crippen LogP contribution in [-0.2, 0) is 23.2 Å². The van der Waals surface area contributed by atoms with Gasteiger partial charge in [-0.1, -0.05) is 6.07 Å². The third-order valence-corrected chi connectivity index (χ3v) is 4.73. The van der Waals surface area contributed by atoms with Crippen LogP contribution in [0.3, 0.4) is 0 Å². The number of amides is 1. The van der Waals surface area contributed by atoms with Crippen molar-refractivity contribution in [2.75, 3.05) is 7.11 Å². The predicted octanol–water partition coefficient (Wildman–Crippen LogP) is 3.52. The molecule has 1 aromatic carbocycles. The highest BCUT2D eigenvalue weighted by atomic mass is 19.1. The monoisotopic (exact) mass is 359 g/mol. The smallest absolute Gasteiger partial charge is 0.224 e. The van der Waals surface area contributed by atoms with Crippen LogP contribution in [0.25, 0.3) is 0 Å². The highest BCUT2D eigenvalue weighted by Crippen LogP contribution is 2.32. The van der Waals surface area contributed by atoms with Crippen molar-refractivity contribution in [1.82, 2.24) is 15.1 Å². The average Bonchev–Trinajstić information content (AvgIpc) is 3.00. The lowest BCUT2D eigenvalue weighted by Gasteiger charge is -2.28. The number of carbonyl (C=O) groups is 1. The van der Waals surface area contributed by atoms with E-state index in [4.69, 9.17) is 4.74 Å². The minimum atomic E-state index is -0.454. The number of hydrogen-bond acceptors (Lipinski definition) is 3. The van der Waals surface area contributed by atoms with Gasteiger partial charge in [0.25, 0.3) is 0 Å². The molecular weight excluding hydrogens is 333 g/mol. The van der Waals surface area contributed by atoms with Gasteiger partial charge < -0.3 is 10.1 Å². The molecule has 0 bridgehead atoms. The third-order valence-electron chi connectivity index (χ3n) is 4.73. The van der Waals surface area contributed by atoms with Crippen LogP contribution in [0, 0.1) is 5.82 Å². The molecule has 0 saturated heterocycles. The molecule has 0 radical (unpaired) electrons. The maximum absolute atomic E-state index is 13.8. The summed E-state index contributed by atoms with van der Waals surface area (Å²) in [5, 5.41) is 7.63. The first kappa shape index (κ1) is 18.4. The normalized spacial score (nSPS) is 16.9. The fourth-order valence-corrected chi connectivity index (χ4v) is 3.54. The summed E-state index contributed by atoms with van der Waals surface area (Å²) in [5.41, 5.74) is 2.84. The van der Waals surface area contributed by atoms with E-state index < -0.39 is 5.82 Å². The fraction of sp³-hybridized carbons (Fsp3) is 0.500. The fourth-order valence-electron chi connectivity index (χ4n) is 3.54. The lowest BCUT2D eigenvalue weighted by molar-refractivity contribution is -0.121. The first-order valence-electron chi connectivity index (χ1n) is 8.98. The molecule has 1 aromatic heterocycles. The largest absolute Gasteiger partial charge is 0.494 e. The number of aromatic nitrogens is 2. The van der Waals surface area contributed by atoms with E-state index in [0.29, 0.717) is 5.56 Å². The van der Waals surface area contributed by atoms with Crippen molar-refractivity contribution < 1.29 is 13.9 Å². The first-order chi connectivity index (χ1) is 12.3. The summed E-state index contributed by atoms with van der Waals surface area (Å²) in [7, 11) is 1.42. The van der Waals surface area contributed by atoms with Crippen molar-refractivity contribution in [3.8, 4) is 5.75 Å². The summed E-state index contributed by atoms with van der Waals surface area (Å²) in [6.07, 6.45) is 4.89. The molecule has 0 spiro atoms. The molecule has 0 fully saturated rings. The van der Waals surface area contributed by atoms with Gasteiger partial charge in [0.2, 0.25) is 5.91 Å². The number of benzene rings is 1. The van der Waals surface area contributed by atoms with Crippen molar-refractivity contribution in [3.63, 3.8) is 0 Å². The quantitative estimate of drug-likeness (QED) is 0.909. The highest BCUT2D eigenvalue weighted by molar-refractivity contribution is 5.79. The van der Waals surface area contributed by atoms with Crippen LogP contribution in [-0.4, -0.2) is 22.8 Å². The van der Waals surface area contributed by atoms with Crippen LogP contribution in [0.5, 0.6) is 5.75 Å². The molecule has 26 heavy (non-hydrogen) atoms. The Morgan fingerprint density at radius 2 is 2.19 bits per heavy atom. The topological polar surface area (TPSA) is 56.1 Å². The Labute approximate surface area is 153 Å². The third kappa shape index (κ3) is 3.74. The average molecular weight is 359 g/mol. The molecule has 1 atom stereocenters. The summed E-state index contributed by atoms with van der Waals surface area (Å²) in [4.78, 5) is 12.5. The van der Waals surface area contributed by atoms with Gasteiger partial charge in [0.05, 0.1) is 31.3 Å². The van der Waals surface area contributed by atoms with Crippen molar-refractivity contribution >= 4 is 5.91 Å². The van der Waals surface area contributed by atoms with Crippen LogP contribution < -0.4 is 10.1 Å².